The van der Waals surface area contributed by atoms with Gasteiger partial charge in [-0.25, -0.2) is 0 Å². The van der Waals surface area contributed by atoms with E-state index in [9.17, 15) is 0 Å². The molecule has 0 aromatic heterocycles. The SMILES string of the molecule is C[P+]1(CCc2ccc(Cl)cc2)C[C@@H](Br)[C@H](Br)C1. The molecule has 0 radical (unpaired) electrons. The summed E-state index contributed by atoms with van der Waals surface area (Å²) in [5.41, 5.74) is 1.42. The fraction of sp³-hybridized carbons (Fsp3) is 0.538. The maximum absolute atomic E-state index is 5.90. The molecule has 1 heterocycles. The lowest BCUT2D eigenvalue weighted by Gasteiger charge is -2.16. The Kier molecular flexibility index (Phi) is 4.97. The highest BCUT2D eigenvalue weighted by Gasteiger charge is 2.45. The standard InChI is InChI=1S/C13H17Br2ClP/c1-17(8-12(14)13(15)9-17)7-6-10-2-4-11(16)5-3-10/h2-5,12-13H,6-9H2,1H3/q+1/t12-,13-/m1/s1. The van der Waals surface area contributed by atoms with Crippen molar-refractivity contribution in [1.82, 2.24) is 0 Å². The molecule has 1 aromatic carbocycles. The number of benzene rings is 1. The molecule has 0 unspecified atom stereocenters. The monoisotopic (exact) mass is 397 g/mol. The van der Waals surface area contributed by atoms with Gasteiger partial charge in [0.25, 0.3) is 0 Å². The van der Waals surface area contributed by atoms with Crippen LogP contribution in [0.15, 0.2) is 24.3 Å². The molecule has 1 aliphatic rings. The van der Waals surface area contributed by atoms with E-state index >= 15 is 0 Å². The van der Waals surface area contributed by atoms with Crippen molar-refractivity contribution in [2.24, 2.45) is 0 Å². The summed E-state index contributed by atoms with van der Waals surface area (Å²) in [6.07, 6.45) is 5.30. The smallest absolute Gasteiger partial charge is 0.0729 e. The lowest BCUT2D eigenvalue weighted by atomic mass is 10.2. The molecule has 0 N–H and O–H groups in total. The van der Waals surface area contributed by atoms with Gasteiger partial charge in [-0.1, -0.05) is 55.6 Å². The van der Waals surface area contributed by atoms with Crippen LogP contribution in [0, 0.1) is 0 Å². The average Bonchev–Trinajstić information content (AvgIpc) is 2.53. The summed E-state index contributed by atoms with van der Waals surface area (Å²) in [5.74, 6) is 0. The van der Waals surface area contributed by atoms with E-state index in [0.29, 0.717) is 9.65 Å². The third-order valence-electron chi connectivity index (χ3n) is 3.48. The highest BCUT2D eigenvalue weighted by atomic mass is 79.9. The van der Waals surface area contributed by atoms with Gasteiger partial charge in [-0.2, -0.15) is 0 Å². The molecule has 1 aromatic rings. The predicted octanol–water partition coefficient (Wildman–Crippen LogP) is 5.07. The van der Waals surface area contributed by atoms with Crippen LogP contribution in [0.3, 0.4) is 0 Å². The van der Waals surface area contributed by atoms with Crippen LogP contribution in [0.1, 0.15) is 5.56 Å². The van der Waals surface area contributed by atoms with Gasteiger partial charge in [-0.05, 0) is 17.7 Å². The lowest BCUT2D eigenvalue weighted by Crippen LogP contribution is -2.08. The molecule has 0 nitrogen and oxygen atoms in total. The second kappa shape index (κ2) is 5.90. The number of hydrogen-bond donors (Lipinski definition) is 0. The number of aryl methyl sites for hydroxylation is 1. The molecule has 0 amide bonds. The van der Waals surface area contributed by atoms with Gasteiger partial charge in [0, 0.05) is 25.4 Å². The Balaban J connectivity index is 1.92. The van der Waals surface area contributed by atoms with Crippen molar-refractivity contribution in [3.63, 3.8) is 0 Å². The summed E-state index contributed by atoms with van der Waals surface area (Å²) in [7, 11) is -0.736. The molecular weight excluding hydrogens is 382 g/mol. The van der Waals surface area contributed by atoms with Crippen LogP contribution in [0.4, 0.5) is 0 Å². The van der Waals surface area contributed by atoms with Crippen LogP contribution in [-0.4, -0.2) is 34.8 Å². The van der Waals surface area contributed by atoms with E-state index < -0.39 is 7.26 Å². The molecule has 2 rings (SSSR count). The van der Waals surface area contributed by atoms with Gasteiger partial charge < -0.3 is 0 Å². The Labute approximate surface area is 126 Å². The molecule has 1 fully saturated rings. The van der Waals surface area contributed by atoms with Gasteiger partial charge in [0.15, 0.2) is 0 Å². The number of hydrogen-bond acceptors (Lipinski definition) is 0. The topological polar surface area (TPSA) is 0 Å². The number of halogens is 3. The summed E-state index contributed by atoms with van der Waals surface area (Å²) < 4.78 is 0. The van der Waals surface area contributed by atoms with E-state index in [1.54, 1.807) is 0 Å². The largest absolute Gasteiger partial charge is 0.0843 e. The third kappa shape index (κ3) is 3.93. The minimum Gasteiger partial charge on any atom is -0.0843 e. The van der Waals surface area contributed by atoms with Crippen LogP contribution in [0.5, 0.6) is 0 Å². The molecule has 0 spiro atoms. The summed E-state index contributed by atoms with van der Waals surface area (Å²) in [4.78, 5) is 1.34. The first-order valence-corrected chi connectivity index (χ1v) is 10.8. The van der Waals surface area contributed by atoms with E-state index in [-0.39, 0.29) is 0 Å². The molecule has 0 aliphatic carbocycles. The summed E-state index contributed by atoms with van der Waals surface area (Å²) in [6, 6.07) is 8.30. The maximum Gasteiger partial charge on any atom is 0.0729 e. The highest BCUT2D eigenvalue weighted by Crippen LogP contribution is 2.63. The lowest BCUT2D eigenvalue weighted by molar-refractivity contribution is 1.03. The molecule has 0 saturated carbocycles. The zero-order valence-electron chi connectivity index (χ0n) is 9.87. The Morgan fingerprint density at radius 3 is 2.24 bits per heavy atom. The quantitative estimate of drug-likeness (QED) is 0.492. The van der Waals surface area contributed by atoms with Crippen molar-refractivity contribution in [2.75, 3.05) is 25.2 Å². The van der Waals surface area contributed by atoms with Crippen LogP contribution < -0.4 is 0 Å². The molecule has 1 saturated heterocycles. The van der Waals surface area contributed by atoms with Crippen molar-refractivity contribution in [3.05, 3.63) is 34.9 Å². The van der Waals surface area contributed by atoms with E-state index in [1.165, 1.54) is 30.5 Å². The van der Waals surface area contributed by atoms with Crippen molar-refractivity contribution >= 4 is 50.7 Å². The Hall–Kier alpha value is 0.900. The van der Waals surface area contributed by atoms with Gasteiger partial charge >= 0.3 is 0 Å². The fourth-order valence-corrected chi connectivity index (χ4v) is 11.2. The van der Waals surface area contributed by atoms with Crippen molar-refractivity contribution in [1.29, 1.82) is 0 Å². The van der Waals surface area contributed by atoms with Crippen molar-refractivity contribution in [2.45, 2.75) is 16.1 Å². The minimum absolute atomic E-state index is 0.672. The van der Waals surface area contributed by atoms with Gasteiger partial charge in [0.05, 0.1) is 28.1 Å². The Morgan fingerprint density at radius 2 is 1.71 bits per heavy atom. The van der Waals surface area contributed by atoms with E-state index in [0.717, 1.165) is 5.02 Å². The van der Waals surface area contributed by atoms with E-state index in [2.05, 4.69) is 50.7 Å². The summed E-state index contributed by atoms with van der Waals surface area (Å²) in [5, 5.41) is 0.830. The van der Waals surface area contributed by atoms with Gasteiger partial charge in [0.1, 0.15) is 0 Å². The normalized spacial score (nSPS) is 27.3. The predicted molar refractivity (Wildman–Crippen MR) is 88.0 cm³/mol. The third-order valence-corrected chi connectivity index (χ3v) is 11.2. The van der Waals surface area contributed by atoms with E-state index in [4.69, 9.17) is 11.6 Å². The van der Waals surface area contributed by atoms with Gasteiger partial charge in [-0.15, -0.1) is 0 Å². The first-order valence-electron chi connectivity index (χ1n) is 5.85. The zero-order valence-corrected chi connectivity index (χ0v) is 14.7. The first-order chi connectivity index (χ1) is 7.98. The second-order valence-corrected chi connectivity index (χ2v) is 12.3. The highest BCUT2D eigenvalue weighted by molar-refractivity contribution is 9.12. The Bertz CT molecular complexity index is 370. The number of rotatable bonds is 3. The average molecular weight is 400 g/mol. The molecule has 4 heteroatoms. The molecular formula is C13H17Br2ClP+. The van der Waals surface area contributed by atoms with Crippen molar-refractivity contribution in [3.8, 4) is 0 Å². The number of alkyl halides is 2. The molecule has 2 atom stereocenters. The summed E-state index contributed by atoms with van der Waals surface area (Å²) >= 11 is 13.5. The molecule has 0 bridgehead atoms. The fourth-order valence-electron chi connectivity index (χ4n) is 2.38. The van der Waals surface area contributed by atoms with Gasteiger partial charge in [-0.3, -0.25) is 0 Å². The Morgan fingerprint density at radius 1 is 1.18 bits per heavy atom. The van der Waals surface area contributed by atoms with Crippen LogP contribution >= 0.6 is 50.7 Å². The maximum atomic E-state index is 5.90. The minimum atomic E-state index is -0.736. The van der Waals surface area contributed by atoms with Crippen LogP contribution in [0.25, 0.3) is 0 Å². The molecule has 17 heavy (non-hydrogen) atoms. The zero-order chi connectivity index (χ0) is 12.5. The van der Waals surface area contributed by atoms with Gasteiger partial charge in [0.2, 0.25) is 0 Å². The molecule has 1 aliphatic heterocycles. The second-order valence-electron chi connectivity index (χ2n) is 5.12. The van der Waals surface area contributed by atoms with Crippen LogP contribution in [-0.2, 0) is 6.42 Å². The van der Waals surface area contributed by atoms with Crippen molar-refractivity contribution < 1.29 is 0 Å². The first kappa shape index (κ1) is 14.3. The summed E-state index contributed by atoms with van der Waals surface area (Å²) in [6.45, 7) is 2.51. The van der Waals surface area contributed by atoms with E-state index in [1.807, 2.05) is 12.1 Å². The van der Waals surface area contributed by atoms with Crippen LogP contribution in [0.2, 0.25) is 5.02 Å². The molecule has 94 valence electrons.